The van der Waals surface area contributed by atoms with Crippen LogP contribution in [0.3, 0.4) is 0 Å². The number of amides is 1. The third kappa shape index (κ3) is 4.29. The standard InChI is InChI=1S/C5H11NO2S/c1-4(8)6-5(2-7)3-9/h5,7,9H,2-3H2,1H3,(H,6,8)/t5-/m0/s1. The summed E-state index contributed by atoms with van der Waals surface area (Å²) in [5, 5.41) is 11.0. The summed E-state index contributed by atoms with van der Waals surface area (Å²) in [6.45, 7) is 1.36. The van der Waals surface area contributed by atoms with Crippen LogP contribution in [0.15, 0.2) is 0 Å². The van der Waals surface area contributed by atoms with Gasteiger partial charge in [0.2, 0.25) is 5.91 Å². The van der Waals surface area contributed by atoms with Crippen molar-refractivity contribution in [3.63, 3.8) is 0 Å². The first-order valence-electron chi connectivity index (χ1n) is 2.69. The summed E-state index contributed by atoms with van der Waals surface area (Å²) in [6.07, 6.45) is 0. The second-order valence-corrected chi connectivity index (χ2v) is 2.13. The van der Waals surface area contributed by atoms with Gasteiger partial charge < -0.3 is 10.4 Å². The van der Waals surface area contributed by atoms with Crippen LogP contribution in [0.25, 0.3) is 0 Å². The fraction of sp³-hybridized carbons (Fsp3) is 0.800. The Labute approximate surface area is 59.9 Å². The van der Waals surface area contributed by atoms with E-state index in [1.54, 1.807) is 0 Å². The predicted octanol–water partition coefficient (Wildman–Crippen LogP) is -0.587. The van der Waals surface area contributed by atoms with Crippen LogP contribution in [0.2, 0.25) is 0 Å². The molecule has 4 heteroatoms. The second kappa shape index (κ2) is 4.64. The molecule has 9 heavy (non-hydrogen) atoms. The Morgan fingerprint density at radius 3 is 2.56 bits per heavy atom. The van der Waals surface area contributed by atoms with Gasteiger partial charge in [0, 0.05) is 12.7 Å². The average molecular weight is 149 g/mol. The Balaban J connectivity index is 3.43. The maximum atomic E-state index is 10.3. The van der Waals surface area contributed by atoms with E-state index in [4.69, 9.17) is 5.11 Å². The molecule has 3 nitrogen and oxygen atoms in total. The number of nitrogens with one attached hydrogen (secondary N) is 1. The highest BCUT2D eigenvalue weighted by Crippen LogP contribution is 1.84. The summed E-state index contributed by atoms with van der Waals surface area (Å²) in [6, 6.07) is -0.203. The molecule has 0 aliphatic rings. The number of thiol groups is 1. The molecule has 54 valence electrons. The van der Waals surface area contributed by atoms with Crippen molar-refractivity contribution in [2.75, 3.05) is 12.4 Å². The number of aliphatic hydroxyl groups excluding tert-OH is 1. The van der Waals surface area contributed by atoms with Crippen LogP contribution in [0.4, 0.5) is 0 Å². The van der Waals surface area contributed by atoms with Crippen LogP contribution in [-0.4, -0.2) is 29.4 Å². The van der Waals surface area contributed by atoms with Crippen LogP contribution < -0.4 is 5.32 Å². The number of carbonyl (C=O) groups is 1. The molecule has 1 atom stereocenters. The Hall–Kier alpha value is -0.220. The van der Waals surface area contributed by atoms with E-state index in [1.807, 2.05) is 0 Å². The third-order valence-electron chi connectivity index (χ3n) is 0.848. The van der Waals surface area contributed by atoms with Gasteiger partial charge in [0.05, 0.1) is 12.6 Å². The lowest BCUT2D eigenvalue weighted by Gasteiger charge is -2.10. The monoisotopic (exact) mass is 149 g/mol. The van der Waals surface area contributed by atoms with E-state index in [9.17, 15) is 4.79 Å². The summed E-state index contributed by atoms with van der Waals surface area (Å²) in [5.74, 6) is 0.332. The lowest BCUT2D eigenvalue weighted by molar-refractivity contribution is -0.119. The van der Waals surface area contributed by atoms with Crippen LogP contribution in [0, 0.1) is 0 Å². The van der Waals surface area contributed by atoms with Gasteiger partial charge in [-0.05, 0) is 0 Å². The van der Waals surface area contributed by atoms with E-state index < -0.39 is 0 Å². The smallest absolute Gasteiger partial charge is 0.217 e. The zero-order chi connectivity index (χ0) is 7.28. The van der Waals surface area contributed by atoms with Crippen LogP contribution in [0.1, 0.15) is 6.92 Å². The topological polar surface area (TPSA) is 49.3 Å². The van der Waals surface area contributed by atoms with Crippen LogP contribution in [0.5, 0.6) is 0 Å². The van der Waals surface area contributed by atoms with Crippen molar-refractivity contribution in [3.05, 3.63) is 0 Å². The van der Waals surface area contributed by atoms with Gasteiger partial charge in [-0.1, -0.05) is 0 Å². The molecule has 0 aliphatic heterocycles. The fourth-order valence-electron chi connectivity index (χ4n) is 0.436. The average Bonchev–Trinajstić information content (AvgIpc) is 1.82. The zero-order valence-electron chi connectivity index (χ0n) is 5.29. The summed E-state index contributed by atoms with van der Waals surface area (Å²) >= 11 is 3.90. The highest BCUT2D eigenvalue weighted by atomic mass is 32.1. The molecule has 2 N–H and O–H groups in total. The molecule has 0 heterocycles. The van der Waals surface area contributed by atoms with Crippen molar-refractivity contribution >= 4 is 18.5 Å². The van der Waals surface area contributed by atoms with Crippen molar-refractivity contribution in [2.45, 2.75) is 13.0 Å². The van der Waals surface area contributed by atoms with Gasteiger partial charge in [0.15, 0.2) is 0 Å². The van der Waals surface area contributed by atoms with E-state index in [0.29, 0.717) is 5.75 Å². The minimum Gasteiger partial charge on any atom is -0.394 e. The molecule has 0 saturated heterocycles. The molecule has 0 rings (SSSR count). The Bertz CT molecular complexity index is 93.0. The minimum atomic E-state index is -0.203. The van der Waals surface area contributed by atoms with Crippen molar-refractivity contribution in [1.29, 1.82) is 0 Å². The number of carbonyl (C=O) groups excluding carboxylic acids is 1. The fourth-order valence-corrected chi connectivity index (χ4v) is 0.643. The SMILES string of the molecule is CC(=O)N[C@@H](CO)CS. The molecule has 0 aromatic heterocycles. The molecule has 0 aromatic rings. The highest BCUT2D eigenvalue weighted by Gasteiger charge is 2.03. The maximum Gasteiger partial charge on any atom is 0.217 e. The van der Waals surface area contributed by atoms with Crippen LogP contribution in [-0.2, 0) is 4.79 Å². The van der Waals surface area contributed by atoms with Crippen LogP contribution >= 0.6 is 12.6 Å². The molecular weight excluding hydrogens is 138 g/mol. The van der Waals surface area contributed by atoms with E-state index in [-0.39, 0.29) is 18.6 Å². The summed E-state index contributed by atoms with van der Waals surface area (Å²) in [7, 11) is 0. The highest BCUT2D eigenvalue weighted by molar-refractivity contribution is 7.80. The molecule has 0 radical (unpaired) electrons. The number of rotatable bonds is 3. The molecule has 0 aromatic carbocycles. The van der Waals surface area contributed by atoms with Gasteiger partial charge in [-0.2, -0.15) is 12.6 Å². The second-order valence-electron chi connectivity index (χ2n) is 1.76. The lowest BCUT2D eigenvalue weighted by atomic mass is 10.3. The molecular formula is C5H11NO2S. The number of hydrogen-bond donors (Lipinski definition) is 3. The lowest BCUT2D eigenvalue weighted by Crippen LogP contribution is -2.37. The van der Waals surface area contributed by atoms with Crippen molar-refractivity contribution in [3.8, 4) is 0 Å². The quantitative estimate of drug-likeness (QED) is 0.470. The maximum absolute atomic E-state index is 10.3. The van der Waals surface area contributed by atoms with Crippen molar-refractivity contribution < 1.29 is 9.90 Å². The number of hydrogen-bond acceptors (Lipinski definition) is 3. The third-order valence-corrected chi connectivity index (χ3v) is 1.29. The molecule has 0 aliphatic carbocycles. The molecule has 0 bridgehead atoms. The predicted molar refractivity (Wildman–Crippen MR) is 38.5 cm³/mol. The van der Waals surface area contributed by atoms with Crippen molar-refractivity contribution in [1.82, 2.24) is 5.32 Å². The first-order valence-corrected chi connectivity index (χ1v) is 3.32. The van der Waals surface area contributed by atoms with E-state index in [1.165, 1.54) is 6.92 Å². The van der Waals surface area contributed by atoms with E-state index in [0.717, 1.165) is 0 Å². The molecule has 0 spiro atoms. The van der Waals surface area contributed by atoms with Crippen molar-refractivity contribution in [2.24, 2.45) is 0 Å². The number of aliphatic hydroxyl groups is 1. The Kier molecular flexibility index (Phi) is 4.53. The van der Waals surface area contributed by atoms with Gasteiger partial charge in [-0.3, -0.25) is 4.79 Å². The first-order chi connectivity index (χ1) is 4.20. The molecule has 0 saturated carbocycles. The summed E-state index contributed by atoms with van der Waals surface area (Å²) < 4.78 is 0. The normalized spacial score (nSPS) is 12.8. The van der Waals surface area contributed by atoms with Gasteiger partial charge in [-0.15, -0.1) is 0 Å². The summed E-state index contributed by atoms with van der Waals surface area (Å²) in [4.78, 5) is 10.3. The van der Waals surface area contributed by atoms with Gasteiger partial charge >= 0.3 is 0 Å². The van der Waals surface area contributed by atoms with Gasteiger partial charge in [0.1, 0.15) is 0 Å². The molecule has 0 unspecified atom stereocenters. The van der Waals surface area contributed by atoms with Gasteiger partial charge in [-0.25, -0.2) is 0 Å². The Morgan fingerprint density at radius 1 is 1.89 bits per heavy atom. The van der Waals surface area contributed by atoms with E-state index in [2.05, 4.69) is 17.9 Å². The largest absolute Gasteiger partial charge is 0.394 e. The van der Waals surface area contributed by atoms with Gasteiger partial charge in [0.25, 0.3) is 0 Å². The summed E-state index contributed by atoms with van der Waals surface area (Å²) in [5.41, 5.74) is 0. The Morgan fingerprint density at radius 2 is 2.44 bits per heavy atom. The molecule has 0 fully saturated rings. The minimum absolute atomic E-state index is 0.0525. The van der Waals surface area contributed by atoms with E-state index >= 15 is 0 Å². The zero-order valence-corrected chi connectivity index (χ0v) is 6.19. The molecule has 1 amide bonds. The first kappa shape index (κ1) is 8.78.